The number of hydrogen-bond donors (Lipinski definition) is 2. The Bertz CT molecular complexity index is 495. The molecule has 0 bridgehead atoms. The molecule has 4 nitrogen and oxygen atoms in total. The van der Waals surface area contributed by atoms with Crippen LogP contribution in [0.25, 0.3) is 10.9 Å². The predicted octanol–water partition coefficient (Wildman–Crippen LogP) is -1.02. The molecule has 0 aliphatic rings. The molecule has 2 aromatic rings. The fourth-order valence-electron chi connectivity index (χ4n) is 1.63. The normalized spacial score (nSPS) is 10.3. The molecule has 0 saturated heterocycles. The van der Waals surface area contributed by atoms with Gasteiger partial charge in [-0.25, -0.2) is 0 Å². The first-order chi connectivity index (χ1) is 7.24. The van der Waals surface area contributed by atoms with Gasteiger partial charge in [-0.3, -0.25) is 0 Å². The molecule has 1 radical (unpaired) electrons. The van der Waals surface area contributed by atoms with Gasteiger partial charge in [-0.15, -0.1) is 0 Å². The smallest absolute Gasteiger partial charge is 0.423 e. The summed E-state index contributed by atoms with van der Waals surface area (Å²) in [6.45, 7) is 0. The van der Waals surface area contributed by atoms with E-state index in [9.17, 15) is 4.79 Å². The van der Waals surface area contributed by atoms with Crippen molar-refractivity contribution in [2.75, 3.05) is 0 Å². The molecule has 0 aliphatic carbocycles. The second-order valence-electron chi connectivity index (χ2n) is 3.17. The van der Waals surface area contributed by atoms with E-state index in [0.29, 0.717) is 11.6 Å². The number of aromatic nitrogens is 1. The quantitative estimate of drug-likeness (QED) is 0.492. The Morgan fingerprint density at radius 2 is 2.07 bits per heavy atom. The highest BCUT2D eigenvalue weighted by atomic mass is 16.4. The number of fused-ring (bicyclic) bond motifs is 1. The molecule has 0 amide bonds. The summed E-state index contributed by atoms with van der Waals surface area (Å²) in [6.07, 6.45) is 2.18. The summed E-state index contributed by atoms with van der Waals surface area (Å²) in [5, 5.41) is 19.0. The predicted molar refractivity (Wildman–Crippen MR) is 59.7 cm³/mol. The maximum absolute atomic E-state index is 10.4. The fourth-order valence-corrected chi connectivity index (χ4v) is 1.63. The number of hydrogen-bond acceptors (Lipinski definition) is 3. The lowest BCUT2D eigenvalue weighted by molar-refractivity contribution is 0.426. The van der Waals surface area contributed by atoms with Crippen LogP contribution in [0.15, 0.2) is 30.5 Å². The van der Waals surface area contributed by atoms with E-state index in [1.165, 1.54) is 13.6 Å². The molecular formula is C9H8B2NO3. The van der Waals surface area contributed by atoms with E-state index in [0.717, 1.165) is 10.9 Å². The molecule has 6 heteroatoms. The molecule has 0 fully saturated rings. The van der Waals surface area contributed by atoms with E-state index in [2.05, 4.69) is 0 Å². The minimum absolute atomic E-state index is 0.392. The van der Waals surface area contributed by atoms with Crippen LogP contribution >= 0.6 is 0 Å². The summed E-state index contributed by atoms with van der Waals surface area (Å²) in [6, 6.07) is 7.21. The molecule has 0 unspecified atom stereocenters. The van der Waals surface area contributed by atoms with E-state index < -0.39 is 7.12 Å². The summed E-state index contributed by atoms with van der Waals surface area (Å²) in [5.74, 6) is 0. The van der Waals surface area contributed by atoms with Crippen LogP contribution in [0.4, 0.5) is 0 Å². The molecule has 73 valence electrons. The molecule has 1 heterocycles. The Labute approximate surface area is 87.5 Å². The largest absolute Gasteiger partial charge is 0.490 e. The zero-order valence-corrected chi connectivity index (χ0v) is 7.87. The van der Waals surface area contributed by atoms with Gasteiger partial charge in [0.05, 0.1) is 0 Å². The maximum atomic E-state index is 10.4. The van der Waals surface area contributed by atoms with Crippen molar-refractivity contribution in [2.45, 2.75) is 0 Å². The third-order valence-corrected chi connectivity index (χ3v) is 2.27. The lowest BCUT2D eigenvalue weighted by Crippen LogP contribution is -2.29. The highest BCUT2D eigenvalue weighted by Gasteiger charge is 2.18. The van der Waals surface area contributed by atoms with Crippen molar-refractivity contribution in [2.24, 2.45) is 0 Å². The number of rotatable bonds is 3. The molecule has 15 heavy (non-hydrogen) atoms. The highest BCUT2D eigenvalue weighted by molar-refractivity contribution is 6.68. The van der Waals surface area contributed by atoms with Crippen molar-refractivity contribution < 1.29 is 14.8 Å². The fraction of sp³-hybridized carbons (Fsp3) is 0. The molecule has 1 aromatic heterocycles. The molecule has 0 atom stereocenters. The van der Waals surface area contributed by atoms with Gasteiger partial charge in [-0.2, -0.15) is 0 Å². The number of para-hydroxylation sites is 1. The summed E-state index contributed by atoms with van der Waals surface area (Å²) in [5.41, 5.74) is 1.16. The first-order valence-corrected chi connectivity index (χ1v) is 4.48. The molecular weight excluding hydrogens is 192 g/mol. The van der Waals surface area contributed by atoms with Crippen molar-refractivity contribution in [3.63, 3.8) is 0 Å². The van der Waals surface area contributed by atoms with Crippen LogP contribution in [-0.2, 0) is 4.79 Å². The summed E-state index contributed by atoms with van der Waals surface area (Å²) < 4.78 is 1.57. The van der Waals surface area contributed by atoms with Gasteiger partial charge in [-0.05, 0) is 17.6 Å². The number of benzene rings is 1. The van der Waals surface area contributed by atoms with Crippen molar-refractivity contribution in [3.8, 4) is 0 Å². The van der Waals surface area contributed by atoms with Crippen molar-refractivity contribution in [1.82, 2.24) is 4.48 Å². The first-order valence-electron chi connectivity index (χ1n) is 4.48. The molecule has 2 N–H and O–H groups in total. The molecule has 1 aromatic carbocycles. The Morgan fingerprint density at radius 3 is 2.73 bits per heavy atom. The van der Waals surface area contributed by atoms with Crippen LogP contribution in [0.1, 0.15) is 0 Å². The van der Waals surface area contributed by atoms with Gasteiger partial charge < -0.3 is 19.3 Å². The second-order valence-corrected chi connectivity index (χ2v) is 3.17. The van der Waals surface area contributed by atoms with Crippen LogP contribution < -0.4 is 5.46 Å². The summed E-state index contributed by atoms with van der Waals surface area (Å²) in [4.78, 5) is 10.4. The Kier molecular flexibility index (Phi) is 2.62. The molecule has 0 saturated carbocycles. The van der Waals surface area contributed by atoms with Gasteiger partial charge in [0.2, 0.25) is 0 Å². The van der Waals surface area contributed by atoms with Crippen LogP contribution in [0.5, 0.6) is 0 Å². The number of carbonyl (C=O) groups excluding carboxylic acids is 1. The van der Waals surface area contributed by atoms with Crippen LogP contribution in [0.2, 0.25) is 0 Å². The van der Waals surface area contributed by atoms with Crippen molar-refractivity contribution in [3.05, 3.63) is 30.5 Å². The Balaban J connectivity index is 2.67. The number of nitrogens with zero attached hydrogens (tertiary/aromatic N) is 1. The van der Waals surface area contributed by atoms with Gasteiger partial charge >= 0.3 is 14.5 Å². The van der Waals surface area contributed by atoms with Gasteiger partial charge in [0, 0.05) is 11.0 Å². The van der Waals surface area contributed by atoms with Gasteiger partial charge in [0.25, 0.3) is 0 Å². The van der Waals surface area contributed by atoms with Crippen LogP contribution in [0.3, 0.4) is 0 Å². The summed E-state index contributed by atoms with van der Waals surface area (Å²) in [7, 11) is -0.204. The third-order valence-electron chi connectivity index (χ3n) is 2.27. The zero-order valence-electron chi connectivity index (χ0n) is 7.87. The van der Waals surface area contributed by atoms with Gasteiger partial charge in [0.15, 0.2) is 0 Å². The van der Waals surface area contributed by atoms with Crippen LogP contribution in [0, 0.1) is 0 Å². The lowest BCUT2D eigenvalue weighted by atomic mass is 9.80. The van der Waals surface area contributed by atoms with E-state index in [-0.39, 0.29) is 0 Å². The van der Waals surface area contributed by atoms with E-state index in [1.54, 1.807) is 22.7 Å². The third kappa shape index (κ3) is 1.69. The zero-order chi connectivity index (χ0) is 10.8. The van der Waals surface area contributed by atoms with Crippen molar-refractivity contribution >= 4 is 37.1 Å². The topological polar surface area (TPSA) is 62.5 Å². The minimum atomic E-state index is -1.53. The Hall–Kier alpha value is -1.52. The second kappa shape index (κ2) is 3.92. The molecule has 0 spiro atoms. The van der Waals surface area contributed by atoms with E-state index in [4.69, 9.17) is 10.0 Å². The van der Waals surface area contributed by atoms with Gasteiger partial charge in [0.1, 0.15) is 6.19 Å². The SMILES string of the molecule is O=C[B]n1cc(B(O)O)c2ccccc21. The van der Waals surface area contributed by atoms with Crippen molar-refractivity contribution in [1.29, 1.82) is 0 Å². The van der Waals surface area contributed by atoms with Crippen LogP contribution in [-0.4, -0.2) is 35.2 Å². The average Bonchev–Trinajstić information content (AvgIpc) is 2.59. The van der Waals surface area contributed by atoms with Gasteiger partial charge in [-0.1, -0.05) is 18.2 Å². The lowest BCUT2D eigenvalue weighted by Gasteiger charge is -1.96. The summed E-state index contributed by atoms with van der Waals surface area (Å²) >= 11 is 0. The average molecular weight is 200 g/mol. The first kappa shape index (κ1) is 10.0. The van der Waals surface area contributed by atoms with E-state index >= 15 is 0 Å². The molecule has 2 rings (SSSR count). The molecule has 0 aliphatic heterocycles. The standard InChI is InChI=1S/C9H8B2NO3/c13-6-10-12-5-8(11(14)15)7-3-1-2-4-9(7)12/h1-6,14-15H. The monoisotopic (exact) mass is 200 g/mol. The maximum Gasteiger partial charge on any atom is 0.490 e. The van der Waals surface area contributed by atoms with E-state index in [1.807, 2.05) is 6.07 Å². The Morgan fingerprint density at radius 1 is 1.33 bits per heavy atom. The minimum Gasteiger partial charge on any atom is -0.423 e. The number of carbonyl (C=O) groups is 1. The highest BCUT2D eigenvalue weighted by Crippen LogP contribution is 2.12.